The summed E-state index contributed by atoms with van der Waals surface area (Å²) in [5, 5.41) is 2.15. The number of nitrogens with zero attached hydrogens (tertiary/aromatic N) is 2. The predicted octanol–water partition coefficient (Wildman–Crippen LogP) is 6.52. The number of benzene rings is 2. The molecule has 2 aromatic carbocycles. The quantitative estimate of drug-likeness (QED) is 0.316. The molecule has 0 amide bonds. The average molecular weight is 448 g/mol. The topological polar surface area (TPSA) is 7.76 Å². The summed E-state index contributed by atoms with van der Waals surface area (Å²) >= 11 is 24.2. The Labute approximate surface area is 183 Å². The Balaban J connectivity index is 1.59. The van der Waals surface area contributed by atoms with Gasteiger partial charge in [-0.2, -0.15) is 9.13 Å². The SMILES string of the molecule is Clc1ccc(-[n+]2ccc(-c3cc[n+](-c4ccc(Cl)c(Cl)c4)cc3)cc2)cc1Cl. The highest BCUT2D eigenvalue weighted by atomic mass is 35.5. The third-order valence-corrected chi connectivity index (χ3v) is 5.87. The van der Waals surface area contributed by atoms with Crippen LogP contribution in [-0.4, -0.2) is 0 Å². The molecule has 28 heavy (non-hydrogen) atoms. The molecule has 0 atom stereocenters. The summed E-state index contributed by atoms with van der Waals surface area (Å²) in [4.78, 5) is 0. The van der Waals surface area contributed by atoms with Crippen LogP contribution in [0.2, 0.25) is 20.1 Å². The summed E-state index contributed by atoms with van der Waals surface area (Å²) in [6, 6.07) is 19.3. The lowest BCUT2D eigenvalue weighted by molar-refractivity contribution is -0.596. The fourth-order valence-electron chi connectivity index (χ4n) is 2.87. The standard InChI is InChI=1S/C22H14Cl4N2/c23-19-3-1-17(13-21(19)25)27-9-5-15(6-10-27)16-7-11-28(12-8-16)18-2-4-20(24)22(26)14-18/h1-14H/q+2. The van der Waals surface area contributed by atoms with Crippen LogP contribution in [0, 0.1) is 0 Å². The van der Waals surface area contributed by atoms with Crippen molar-refractivity contribution in [3.8, 4) is 22.5 Å². The van der Waals surface area contributed by atoms with E-state index in [1.54, 1.807) is 12.1 Å². The fourth-order valence-corrected chi connectivity index (χ4v) is 3.46. The van der Waals surface area contributed by atoms with Gasteiger partial charge in [0.25, 0.3) is 0 Å². The molecular weight excluding hydrogens is 434 g/mol. The van der Waals surface area contributed by atoms with Gasteiger partial charge in [0.15, 0.2) is 24.8 Å². The van der Waals surface area contributed by atoms with Crippen LogP contribution in [0.5, 0.6) is 0 Å². The van der Waals surface area contributed by atoms with E-state index in [0.29, 0.717) is 20.1 Å². The molecule has 0 aliphatic rings. The highest BCUT2D eigenvalue weighted by Crippen LogP contribution is 2.24. The van der Waals surface area contributed by atoms with Gasteiger partial charge in [-0.3, -0.25) is 0 Å². The van der Waals surface area contributed by atoms with E-state index >= 15 is 0 Å². The number of hydrogen-bond acceptors (Lipinski definition) is 0. The minimum Gasteiger partial charge on any atom is -0.167 e. The first-order valence-corrected chi connectivity index (χ1v) is 9.96. The highest BCUT2D eigenvalue weighted by molar-refractivity contribution is 6.42. The molecule has 0 radical (unpaired) electrons. The molecule has 6 heteroatoms. The third kappa shape index (κ3) is 4.01. The van der Waals surface area contributed by atoms with Gasteiger partial charge in [-0.25, -0.2) is 0 Å². The van der Waals surface area contributed by atoms with Crippen LogP contribution >= 0.6 is 46.4 Å². The molecule has 138 valence electrons. The van der Waals surface area contributed by atoms with Gasteiger partial charge in [-0.05, 0) is 23.3 Å². The molecule has 0 aliphatic carbocycles. The number of rotatable bonds is 3. The first kappa shape index (κ1) is 19.2. The maximum atomic E-state index is 6.11. The Bertz CT molecular complexity index is 1050. The van der Waals surface area contributed by atoms with Gasteiger partial charge in [-0.1, -0.05) is 46.4 Å². The Kier molecular flexibility index (Phi) is 5.56. The lowest BCUT2D eigenvalue weighted by Crippen LogP contribution is -2.29. The molecule has 0 fully saturated rings. The molecule has 2 heterocycles. The van der Waals surface area contributed by atoms with Crippen molar-refractivity contribution in [3.05, 3.63) is 106 Å². The minimum atomic E-state index is 0.533. The Hall–Kier alpha value is -2.10. The van der Waals surface area contributed by atoms with Crippen LogP contribution in [0.15, 0.2) is 85.5 Å². The maximum absolute atomic E-state index is 6.11. The normalized spacial score (nSPS) is 10.9. The zero-order valence-electron chi connectivity index (χ0n) is 14.5. The summed E-state index contributed by atoms with van der Waals surface area (Å²) in [6.07, 6.45) is 7.98. The number of pyridine rings is 2. The van der Waals surface area contributed by atoms with Gasteiger partial charge < -0.3 is 0 Å². The maximum Gasteiger partial charge on any atom is 0.212 e. The van der Waals surface area contributed by atoms with Crippen LogP contribution in [0.3, 0.4) is 0 Å². The monoisotopic (exact) mass is 446 g/mol. The van der Waals surface area contributed by atoms with Crippen LogP contribution in [0.1, 0.15) is 0 Å². The molecule has 0 N–H and O–H groups in total. The first-order valence-electron chi connectivity index (χ1n) is 8.45. The van der Waals surface area contributed by atoms with Gasteiger partial charge >= 0.3 is 0 Å². The van der Waals surface area contributed by atoms with Gasteiger partial charge in [0.2, 0.25) is 11.4 Å². The summed E-state index contributed by atoms with van der Waals surface area (Å²) in [6.45, 7) is 0. The van der Waals surface area contributed by atoms with Gasteiger partial charge in [-0.15, -0.1) is 0 Å². The van der Waals surface area contributed by atoms with E-state index in [0.717, 1.165) is 22.5 Å². The smallest absolute Gasteiger partial charge is 0.167 e. The fraction of sp³-hybridized carbons (Fsp3) is 0. The summed E-state index contributed by atoms with van der Waals surface area (Å²) in [5.74, 6) is 0. The third-order valence-electron chi connectivity index (χ3n) is 4.39. The van der Waals surface area contributed by atoms with E-state index in [4.69, 9.17) is 46.4 Å². The molecular formula is C22H14Cl4N2+2. The second-order valence-electron chi connectivity index (χ2n) is 6.18. The van der Waals surface area contributed by atoms with Gasteiger partial charge in [0.05, 0.1) is 20.1 Å². The zero-order chi connectivity index (χ0) is 19.7. The van der Waals surface area contributed by atoms with Gasteiger partial charge in [0, 0.05) is 48.5 Å². The molecule has 0 saturated carbocycles. The molecule has 0 aliphatic heterocycles. The zero-order valence-corrected chi connectivity index (χ0v) is 17.5. The lowest BCUT2D eigenvalue weighted by Gasteiger charge is -2.02. The number of hydrogen-bond donors (Lipinski definition) is 0. The Morgan fingerprint density at radius 1 is 0.429 bits per heavy atom. The summed E-state index contributed by atoms with van der Waals surface area (Å²) in [5.41, 5.74) is 4.12. The van der Waals surface area contributed by atoms with E-state index in [1.165, 1.54) is 0 Å². The van der Waals surface area contributed by atoms with E-state index in [1.807, 2.05) is 58.2 Å². The molecule has 2 nitrogen and oxygen atoms in total. The minimum absolute atomic E-state index is 0.533. The van der Waals surface area contributed by atoms with E-state index in [2.05, 4.69) is 24.3 Å². The van der Waals surface area contributed by atoms with Crippen LogP contribution < -0.4 is 9.13 Å². The molecule has 2 aromatic heterocycles. The van der Waals surface area contributed by atoms with Crippen molar-refractivity contribution >= 4 is 46.4 Å². The average Bonchev–Trinajstić information content (AvgIpc) is 2.72. The van der Waals surface area contributed by atoms with Crippen molar-refractivity contribution in [2.45, 2.75) is 0 Å². The Morgan fingerprint density at radius 2 is 0.786 bits per heavy atom. The van der Waals surface area contributed by atoms with Gasteiger partial charge in [0.1, 0.15) is 0 Å². The Morgan fingerprint density at radius 3 is 1.11 bits per heavy atom. The summed E-state index contributed by atoms with van der Waals surface area (Å²) < 4.78 is 3.98. The van der Waals surface area contributed by atoms with Crippen LogP contribution in [-0.2, 0) is 0 Å². The van der Waals surface area contributed by atoms with Crippen molar-refractivity contribution in [3.63, 3.8) is 0 Å². The molecule has 4 rings (SSSR count). The van der Waals surface area contributed by atoms with Crippen molar-refractivity contribution in [1.82, 2.24) is 0 Å². The van der Waals surface area contributed by atoms with E-state index in [-0.39, 0.29) is 0 Å². The molecule has 0 bridgehead atoms. The van der Waals surface area contributed by atoms with E-state index in [9.17, 15) is 0 Å². The van der Waals surface area contributed by atoms with Crippen LogP contribution in [0.4, 0.5) is 0 Å². The lowest BCUT2D eigenvalue weighted by atomic mass is 10.1. The van der Waals surface area contributed by atoms with Crippen LogP contribution in [0.25, 0.3) is 22.5 Å². The molecule has 4 aromatic rings. The van der Waals surface area contributed by atoms with Crippen molar-refractivity contribution in [1.29, 1.82) is 0 Å². The second kappa shape index (κ2) is 8.10. The molecule has 0 spiro atoms. The molecule has 0 saturated heterocycles. The largest absolute Gasteiger partial charge is 0.212 e. The van der Waals surface area contributed by atoms with Crippen molar-refractivity contribution in [2.24, 2.45) is 0 Å². The second-order valence-corrected chi connectivity index (χ2v) is 7.81. The number of aromatic nitrogens is 2. The number of halogens is 4. The summed E-state index contributed by atoms with van der Waals surface area (Å²) in [7, 11) is 0. The molecule has 0 unspecified atom stereocenters. The first-order chi connectivity index (χ1) is 13.5. The van der Waals surface area contributed by atoms with Crippen molar-refractivity contribution < 1.29 is 9.13 Å². The predicted molar refractivity (Wildman–Crippen MR) is 115 cm³/mol. The highest BCUT2D eigenvalue weighted by Gasteiger charge is 2.11. The van der Waals surface area contributed by atoms with E-state index < -0.39 is 0 Å². The van der Waals surface area contributed by atoms with Crippen molar-refractivity contribution in [2.75, 3.05) is 0 Å².